The van der Waals surface area contributed by atoms with Gasteiger partial charge in [-0.05, 0) is 114 Å². The van der Waals surface area contributed by atoms with E-state index in [1.807, 2.05) is 54.6 Å². The monoisotopic (exact) mass is 862 g/mol. The number of fused-ring (bicyclic) bond motifs is 7. The molecule has 3 saturated carbocycles. The Morgan fingerprint density at radius 2 is 1.48 bits per heavy atom. The molecule has 3 amide bonds. The zero-order valence-corrected chi connectivity index (χ0v) is 38.9. The first kappa shape index (κ1) is 46.7. The van der Waals surface area contributed by atoms with Crippen LogP contribution in [0.1, 0.15) is 148 Å². The maximum atomic E-state index is 13.4. The zero-order valence-electron chi connectivity index (χ0n) is 38.9. The van der Waals surface area contributed by atoms with Gasteiger partial charge in [0.05, 0.1) is 31.9 Å². The molecule has 8 atom stereocenters. The number of ether oxygens (including phenoxy) is 2. The molecule has 2 aromatic rings. The van der Waals surface area contributed by atoms with E-state index in [0.29, 0.717) is 25.0 Å². The van der Waals surface area contributed by atoms with E-state index >= 15 is 0 Å². The van der Waals surface area contributed by atoms with Crippen LogP contribution < -0.4 is 15.5 Å². The van der Waals surface area contributed by atoms with Gasteiger partial charge in [0.1, 0.15) is 6.10 Å². The number of nitrogens with one attached hydrogen (secondary N) is 2. The third kappa shape index (κ3) is 11.2. The van der Waals surface area contributed by atoms with Gasteiger partial charge in [-0.1, -0.05) is 120 Å². The van der Waals surface area contributed by atoms with Gasteiger partial charge < -0.3 is 25.0 Å². The molecule has 342 valence electrons. The minimum atomic E-state index is -0.302. The molecule has 7 rings (SSSR count). The second kappa shape index (κ2) is 21.2. The molecule has 9 nitrogen and oxygen atoms in total. The van der Waals surface area contributed by atoms with Crippen LogP contribution in [0.5, 0.6) is 0 Å². The smallest absolute Gasteiger partial charge is 0.306 e. The van der Waals surface area contributed by atoms with Crippen LogP contribution in [0.4, 0.5) is 5.69 Å². The third-order valence-corrected chi connectivity index (χ3v) is 16.2. The molecule has 63 heavy (non-hydrogen) atoms. The standard InChI is InChI=1S/C54H75N3O6/c1-37(2)11-10-12-38(3)45-21-22-46-44-20-19-42-35-43(27-29-53(42,4)47(44)28-30-54(45,46)5)63-52(61)26-24-50(59)56-32-34-62-33-31-55-49(58)23-25-51(60)57-36-41-15-7-6-13-39(41)17-18-40-14-8-9-16-48(40)57/h6-9,13-19,37-38,43-47H,10-12,20-36H2,1-5H3,(H,55,58)(H,56,59)/b18-17-/t38-,43+,44+,45-,46+,47+,53+,54-/m1/s1. The molecule has 2 aromatic carbocycles. The van der Waals surface area contributed by atoms with E-state index in [-0.39, 0.29) is 74.1 Å². The van der Waals surface area contributed by atoms with Gasteiger partial charge in [-0.25, -0.2) is 0 Å². The van der Waals surface area contributed by atoms with Gasteiger partial charge in [0, 0.05) is 38.8 Å². The van der Waals surface area contributed by atoms with Crippen molar-refractivity contribution in [3.8, 4) is 0 Å². The summed E-state index contributed by atoms with van der Waals surface area (Å²) in [7, 11) is 0. The van der Waals surface area contributed by atoms with Crippen molar-refractivity contribution in [3.63, 3.8) is 0 Å². The highest BCUT2D eigenvalue weighted by Gasteiger charge is 2.59. The fourth-order valence-electron chi connectivity index (χ4n) is 12.7. The number of amides is 3. The first-order valence-corrected chi connectivity index (χ1v) is 24.5. The summed E-state index contributed by atoms with van der Waals surface area (Å²) in [4.78, 5) is 53.3. The summed E-state index contributed by atoms with van der Waals surface area (Å²) in [5.41, 5.74) is 6.10. The number of rotatable bonds is 18. The maximum absolute atomic E-state index is 13.4. The van der Waals surface area contributed by atoms with Crippen molar-refractivity contribution >= 4 is 41.5 Å². The molecule has 1 heterocycles. The Morgan fingerprint density at radius 1 is 0.778 bits per heavy atom. The van der Waals surface area contributed by atoms with Crippen molar-refractivity contribution in [3.05, 3.63) is 76.9 Å². The molecular weight excluding hydrogens is 787 g/mol. The van der Waals surface area contributed by atoms with Gasteiger partial charge in [0.25, 0.3) is 0 Å². The lowest BCUT2D eigenvalue weighted by Gasteiger charge is -2.58. The normalized spacial score (nSPS) is 28.1. The minimum absolute atomic E-state index is 0.0602. The highest BCUT2D eigenvalue weighted by atomic mass is 16.5. The number of nitrogens with zero attached hydrogens (tertiary/aromatic N) is 1. The number of carbonyl (C=O) groups excluding carboxylic acids is 4. The quantitative estimate of drug-likeness (QED) is 0.0877. The molecule has 3 fully saturated rings. The van der Waals surface area contributed by atoms with Gasteiger partial charge in [0.15, 0.2) is 0 Å². The van der Waals surface area contributed by atoms with Gasteiger partial charge in [0.2, 0.25) is 17.7 Å². The molecule has 9 heteroatoms. The predicted octanol–water partition coefficient (Wildman–Crippen LogP) is 10.5. The van der Waals surface area contributed by atoms with Crippen LogP contribution in [-0.2, 0) is 35.2 Å². The van der Waals surface area contributed by atoms with Gasteiger partial charge in [-0.15, -0.1) is 0 Å². The molecular formula is C54H75N3O6. The number of para-hydroxylation sites is 1. The second-order valence-corrected chi connectivity index (χ2v) is 20.5. The number of hydrogen-bond donors (Lipinski definition) is 2. The van der Waals surface area contributed by atoms with Crippen LogP contribution in [0.3, 0.4) is 0 Å². The van der Waals surface area contributed by atoms with Gasteiger partial charge in [-0.3, -0.25) is 19.2 Å². The summed E-state index contributed by atoms with van der Waals surface area (Å²) in [6, 6.07) is 15.8. The molecule has 0 saturated heterocycles. The van der Waals surface area contributed by atoms with Crippen LogP contribution in [0.2, 0.25) is 0 Å². The zero-order chi connectivity index (χ0) is 44.6. The molecule has 0 unspecified atom stereocenters. The number of hydrogen-bond acceptors (Lipinski definition) is 6. The van der Waals surface area contributed by atoms with Crippen molar-refractivity contribution in [2.24, 2.45) is 46.3 Å². The van der Waals surface area contributed by atoms with Crippen molar-refractivity contribution in [1.82, 2.24) is 10.6 Å². The van der Waals surface area contributed by atoms with Crippen LogP contribution in [0.25, 0.3) is 12.2 Å². The van der Waals surface area contributed by atoms with Crippen molar-refractivity contribution in [2.45, 2.75) is 144 Å². The maximum Gasteiger partial charge on any atom is 0.306 e. The SMILES string of the molecule is CC(C)CCC[C@@H](C)[C@H]1CC[C@H]2[C@@H]3CC=C4C[C@@H](OC(=O)CCC(=O)NCCOCCNC(=O)CCC(=O)N5Cc6ccccc6/C=C\c6ccccc65)CC[C@]4(C)[C@H]3CC[C@]12C. The fraction of sp³-hybridized carbons (Fsp3) is 0.630. The number of allylic oxidation sites excluding steroid dienone is 1. The van der Waals surface area contributed by atoms with Gasteiger partial charge >= 0.3 is 5.97 Å². The Bertz CT molecular complexity index is 1990. The lowest BCUT2D eigenvalue weighted by atomic mass is 9.47. The van der Waals surface area contributed by atoms with E-state index in [9.17, 15) is 19.2 Å². The molecule has 1 aliphatic heterocycles. The van der Waals surface area contributed by atoms with Crippen LogP contribution in [-0.4, -0.2) is 56.1 Å². The van der Waals surface area contributed by atoms with Crippen molar-refractivity contribution in [1.29, 1.82) is 0 Å². The fourth-order valence-corrected chi connectivity index (χ4v) is 12.7. The first-order valence-electron chi connectivity index (χ1n) is 24.5. The Balaban J connectivity index is 0.753. The summed E-state index contributed by atoms with van der Waals surface area (Å²) in [6.07, 6.45) is 20.4. The lowest BCUT2D eigenvalue weighted by molar-refractivity contribution is -0.152. The van der Waals surface area contributed by atoms with E-state index in [0.717, 1.165) is 77.1 Å². The van der Waals surface area contributed by atoms with E-state index in [4.69, 9.17) is 9.47 Å². The molecule has 0 bridgehead atoms. The summed E-state index contributed by atoms with van der Waals surface area (Å²) in [5, 5.41) is 5.65. The van der Waals surface area contributed by atoms with E-state index in [2.05, 4.69) is 57.4 Å². The summed E-state index contributed by atoms with van der Waals surface area (Å²) >= 11 is 0. The number of carbonyl (C=O) groups is 4. The lowest BCUT2D eigenvalue weighted by Crippen LogP contribution is -2.51. The number of esters is 1. The molecule has 0 aromatic heterocycles. The predicted molar refractivity (Wildman–Crippen MR) is 251 cm³/mol. The highest BCUT2D eigenvalue weighted by Crippen LogP contribution is 2.67. The van der Waals surface area contributed by atoms with E-state index < -0.39 is 0 Å². The topological polar surface area (TPSA) is 114 Å². The minimum Gasteiger partial charge on any atom is -0.462 e. The summed E-state index contributed by atoms with van der Waals surface area (Å²) in [5.74, 6) is 3.97. The Hall–Kier alpha value is -4.24. The molecule has 2 N–H and O–H groups in total. The van der Waals surface area contributed by atoms with E-state index in [1.165, 1.54) is 56.9 Å². The number of anilines is 1. The third-order valence-electron chi connectivity index (χ3n) is 16.2. The Kier molecular flexibility index (Phi) is 15.7. The second-order valence-electron chi connectivity index (χ2n) is 20.5. The van der Waals surface area contributed by atoms with Crippen LogP contribution >= 0.6 is 0 Å². The summed E-state index contributed by atoms with van der Waals surface area (Å²) < 4.78 is 11.6. The molecule has 0 radical (unpaired) electrons. The van der Waals surface area contributed by atoms with Crippen LogP contribution in [0, 0.1) is 46.3 Å². The Labute approximate surface area is 377 Å². The largest absolute Gasteiger partial charge is 0.462 e. The molecule has 5 aliphatic rings. The molecule has 0 spiro atoms. The highest BCUT2D eigenvalue weighted by molar-refractivity contribution is 5.98. The average molecular weight is 862 g/mol. The van der Waals surface area contributed by atoms with Crippen molar-refractivity contribution < 1.29 is 28.7 Å². The van der Waals surface area contributed by atoms with Gasteiger partial charge in [-0.2, -0.15) is 0 Å². The van der Waals surface area contributed by atoms with E-state index in [1.54, 1.807) is 4.90 Å². The van der Waals surface area contributed by atoms with Crippen LogP contribution in [0.15, 0.2) is 60.2 Å². The number of benzene rings is 2. The first-order chi connectivity index (χ1) is 30.4. The average Bonchev–Trinajstić information content (AvgIpc) is 3.62. The Morgan fingerprint density at radius 3 is 2.24 bits per heavy atom. The van der Waals surface area contributed by atoms with Crippen molar-refractivity contribution in [2.75, 3.05) is 31.2 Å². The summed E-state index contributed by atoms with van der Waals surface area (Å²) in [6.45, 7) is 14.0. The molecule has 4 aliphatic carbocycles.